The molecule has 0 atom stereocenters. The van der Waals surface area contributed by atoms with Crippen LogP contribution < -0.4 is 5.32 Å². The number of benzene rings is 1. The van der Waals surface area contributed by atoms with E-state index in [1.165, 1.54) is 7.11 Å². The highest BCUT2D eigenvalue weighted by molar-refractivity contribution is 5.97. The van der Waals surface area contributed by atoms with Crippen LogP contribution in [-0.2, 0) is 16.1 Å². The van der Waals surface area contributed by atoms with E-state index in [4.69, 9.17) is 0 Å². The van der Waals surface area contributed by atoms with Crippen LogP contribution in [0.3, 0.4) is 0 Å². The van der Waals surface area contributed by atoms with Gasteiger partial charge in [0.15, 0.2) is 0 Å². The van der Waals surface area contributed by atoms with Crippen molar-refractivity contribution in [1.29, 1.82) is 0 Å². The number of methoxy groups -OCH3 is 1. The summed E-state index contributed by atoms with van der Waals surface area (Å²) >= 11 is 0. The molecule has 1 aromatic heterocycles. The lowest BCUT2D eigenvalue weighted by Gasteiger charge is -2.05. The Kier molecular flexibility index (Phi) is 4.86. The first-order valence-corrected chi connectivity index (χ1v) is 6.84. The molecule has 2 rings (SSSR count). The SMILES string of the molecule is CCn1nnc2cc(C(=O)NCCCC(=O)OC)ccc21. The van der Waals surface area contributed by atoms with Crippen LogP contribution in [0, 0.1) is 0 Å². The molecular formula is C14H18N4O3. The van der Waals surface area contributed by atoms with Crippen molar-refractivity contribution < 1.29 is 14.3 Å². The Labute approximate surface area is 122 Å². The molecule has 1 aromatic carbocycles. The standard InChI is InChI=1S/C14H18N4O3/c1-3-18-12-7-6-10(9-11(12)16-17-18)14(20)15-8-4-5-13(19)21-2/h6-7,9H,3-5,8H2,1-2H3,(H,15,20). The van der Waals surface area contributed by atoms with Gasteiger partial charge in [-0.3, -0.25) is 9.59 Å². The van der Waals surface area contributed by atoms with Gasteiger partial charge < -0.3 is 10.1 Å². The number of amides is 1. The zero-order valence-corrected chi connectivity index (χ0v) is 12.1. The maximum absolute atomic E-state index is 12.0. The molecule has 112 valence electrons. The van der Waals surface area contributed by atoms with Crippen molar-refractivity contribution >= 4 is 22.9 Å². The molecular weight excluding hydrogens is 272 g/mol. The number of aryl methyl sites for hydroxylation is 1. The minimum absolute atomic E-state index is 0.187. The number of nitrogens with one attached hydrogen (secondary N) is 1. The highest BCUT2D eigenvalue weighted by Crippen LogP contribution is 2.13. The Bertz CT molecular complexity index is 651. The number of hydrogen-bond donors (Lipinski definition) is 1. The van der Waals surface area contributed by atoms with Crippen LogP contribution in [0.1, 0.15) is 30.1 Å². The van der Waals surface area contributed by atoms with Gasteiger partial charge in [0.1, 0.15) is 5.52 Å². The fourth-order valence-corrected chi connectivity index (χ4v) is 1.99. The summed E-state index contributed by atoms with van der Waals surface area (Å²) in [6.07, 6.45) is 0.841. The quantitative estimate of drug-likeness (QED) is 0.636. The second kappa shape index (κ2) is 6.83. The van der Waals surface area contributed by atoms with E-state index < -0.39 is 0 Å². The first-order chi connectivity index (χ1) is 10.2. The number of rotatable bonds is 6. The third-order valence-corrected chi connectivity index (χ3v) is 3.15. The fraction of sp³-hybridized carbons (Fsp3) is 0.429. The van der Waals surface area contributed by atoms with E-state index in [-0.39, 0.29) is 11.9 Å². The van der Waals surface area contributed by atoms with E-state index in [1.807, 2.05) is 13.0 Å². The number of ether oxygens (including phenoxy) is 1. The molecule has 0 spiro atoms. The minimum Gasteiger partial charge on any atom is -0.469 e. The van der Waals surface area contributed by atoms with Gasteiger partial charge in [-0.15, -0.1) is 5.10 Å². The summed E-state index contributed by atoms with van der Waals surface area (Å²) in [5.41, 5.74) is 2.13. The van der Waals surface area contributed by atoms with Crippen LogP contribution >= 0.6 is 0 Å². The van der Waals surface area contributed by atoms with Crippen molar-refractivity contribution in [3.63, 3.8) is 0 Å². The molecule has 0 saturated heterocycles. The lowest BCUT2D eigenvalue weighted by Crippen LogP contribution is -2.24. The summed E-state index contributed by atoms with van der Waals surface area (Å²) in [6.45, 7) is 3.14. The second-order valence-corrected chi connectivity index (χ2v) is 4.54. The molecule has 7 nitrogen and oxygen atoms in total. The lowest BCUT2D eigenvalue weighted by atomic mass is 10.2. The Morgan fingerprint density at radius 1 is 1.38 bits per heavy atom. The third kappa shape index (κ3) is 3.56. The van der Waals surface area contributed by atoms with Gasteiger partial charge in [0, 0.05) is 25.1 Å². The van der Waals surface area contributed by atoms with Crippen molar-refractivity contribution in [2.45, 2.75) is 26.3 Å². The Morgan fingerprint density at radius 3 is 2.90 bits per heavy atom. The topological polar surface area (TPSA) is 86.1 Å². The smallest absolute Gasteiger partial charge is 0.305 e. The molecule has 1 heterocycles. The number of carbonyl (C=O) groups is 2. The van der Waals surface area contributed by atoms with E-state index in [1.54, 1.807) is 16.8 Å². The van der Waals surface area contributed by atoms with Crippen LogP contribution in [0.25, 0.3) is 11.0 Å². The molecule has 0 aliphatic carbocycles. The molecule has 0 aliphatic heterocycles. The van der Waals surface area contributed by atoms with Gasteiger partial charge in [0.2, 0.25) is 0 Å². The van der Waals surface area contributed by atoms with E-state index in [0.29, 0.717) is 30.5 Å². The van der Waals surface area contributed by atoms with E-state index >= 15 is 0 Å². The number of aromatic nitrogens is 3. The molecule has 7 heteroatoms. The minimum atomic E-state index is -0.276. The molecule has 21 heavy (non-hydrogen) atoms. The highest BCUT2D eigenvalue weighted by atomic mass is 16.5. The van der Waals surface area contributed by atoms with Crippen molar-refractivity contribution in [3.05, 3.63) is 23.8 Å². The molecule has 1 amide bonds. The molecule has 1 N–H and O–H groups in total. The van der Waals surface area contributed by atoms with Crippen LogP contribution in [0.15, 0.2) is 18.2 Å². The predicted octanol–water partition coefficient (Wildman–Crippen LogP) is 1.13. The number of esters is 1. The summed E-state index contributed by atoms with van der Waals surface area (Å²) in [5.74, 6) is -0.463. The summed E-state index contributed by atoms with van der Waals surface area (Å²) in [4.78, 5) is 22.9. The second-order valence-electron chi connectivity index (χ2n) is 4.54. The average Bonchev–Trinajstić information content (AvgIpc) is 2.93. The van der Waals surface area contributed by atoms with E-state index in [9.17, 15) is 9.59 Å². The zero-order valence-electron chi connectivity index (χ0n) is 12.1. The summed E-state index contributed by atoms with van der Waals surface area (Å²) in [5, 5.41) is 10.8. The van der Waals surface area contributed by atoms with Crippen LogP contribution in [-0.4, -0.2) is 40.5 Å². The number of hydrogen-bond acceptors (Lipinski definition) is 5. The van der Waals surface area contributed by atoms with Crippen molar-refractivity contribution in [1.82, 2.24) is 20.3 Å². The summed E-state index contributed by atoms with van der Waals surface area (Å²) in [6, 6.07) is 5.29. The normalized spacial score (nSPS) is 10.6. The van der Waals surface area contributed by atoms with Crippen molar-refractivity contribution in [2.24, 2.45) is 0 Å². The Balaban J connectivity index is 1.95. The van der Waals surface area contributed by atoms with E-state index in [2.05, 4.69) is 20.4 Å². The van der Waals surface area contributed by atoms with Gasteiger partial charge in [-0.2, -0.15) is 0 Å². The largest absolute Gasteiger partial charge is 0.469 e. The van der Waals surface area contributed by atoms with Gasteiger partial charge in [-0.25, -0.2) is 4.68 Å². The fourth-order valence-electron chi connectivity index (χ4n) is 1.99. The van der Waals surface area contributed by atoms with Crippen LogP contribution in [0.4, 0.5) is 0 Å². The molecule has 0 unspecified atom stereocenters. The third-order valence-electron chi connectivity index (χ3n) is 3.15. The van der Waals surface area contributed by atoms with Crippen LogP contribution in [0.5, 0.6) is 0 Å². The first-order valence-electron chi connectivity index (χ1n) is 6.84. The number of fused-ring (bicyclic) bond motifs is 1. The number of carbonyl (C=O) groups excluding carboxylic acids is 2. The van der Waals surface area contributed by atoms with E-state index in [0.717, 1.165) is 12.1 Å². The molecule has 0 fully saturated rings. The van der Waals surface area contributed by atoms with Gasteiger partial charge in [-0.1, -0.05) is 5.21 Å². The number of nitrogens with zero attached hydrogens (tertiary/aromatic N) is 3. The molecule has 0 aliphatic rings. The lowest BCUT2D eigenvalue weighted by molar-refractivity contribution is -0.140. The van der Waals surface area contributed by atoms with Gasteiger partial charge in [0.05, 0.1) is 12.6 Å². The van der Waals surface area contributed by atoms with Crippen molar-refractivity contribution in [2.75, 3.05) is 13.7 Å². The zero-order chi connectivity index (χ0) is 15.2. The first kappa shape index (κ1) is 15.0. The summed E-state index contributed by atoms with van der Waals surface area (Å²) < 4.78 is 6.31. The predicted molar refractivity (Wildman–Crippen MR) is 76.8 cm³/mol. The molecule has 0 bridgehead atoms. The monoisotopic (exact) mass is 290 g/mol. The van der Waals surface area contributed by atoms with Crippen LogP contribution in [0.2, 0.25) is 0 Å². The molecule has 0 saturated carbocycles. The Morgan fingerprint density at radius 2 is 2.19 bits per heavy atom. The molecule has 0 radical (unpaired) electrons. The maximum atomic E-state index is 12.0. The van der Waals surface area contributed by atoms with Gasteiger partial charge in [0.25, 0.3) is 5.91 Å². The van der Waals surface area contributed by atoms with Gasteiger partial charge >= 0.3 is 5.97 Å². The molecule has 2 aromatic rings. The average molecular weight is 290 g/mol. The Hall–Kier alpha value is -2.44. The van der Waals surface area contributed by atoms with Gasteiger partial charge in [-0.05, 0) is 31.5 Å². The van der Waals surface area contributed by atoms with Crippen molar-refractivity contribution in [3.8, 4) is 0 Å². The maximum Gasteiger partial charge on any atom is 0.305 e. The summed E-state index contributed by atoms with van der Waals surface area (Å²) in [7, 11) is 1.35. The highest BCUT2D eigenvalue weighted by Gasteiger charge is 2.09.